The quantitative estimate of drug-likeness (QED) is 0.854. The number of carbonyl (C=O) groups is 2. The summed E-state index contributed by atoms with van der Waals surface area (Å²) in [7, 11) is 1.59. The van der Waals surface area contributed by atoms with Crippen LogP contribution in [0.15, 0.2) is 48.5 Å². The Kier molecular flexibility index (Phi) is 3.86. The lowest BCUT2D eigenvalue weighted by Crippen LogP contribution is -2.33. The molecule has 4 rings (SSSR count). The molecule has 2 saturated heterocycles. The number of hydroxylamine groups is 1. The fourth-order valence-corrected chi connectivity index (χ4v) is 3.41. The van der Waals surface area contributed by atoms with E-state index in [1.54, 1.807) is 36.4 Å². The van der Waals surface area contributed by atoms with Gasteiger partial charge in [-0.2, -0.15) is 0 Å². The number of hydrogen-bond acceptors (Lipinski definition) is 5. The molecule has 0 unspecified atom stereocenters. The highest BCUT2D eigenvalue weighted by Crippen LogP contribution is 2.44. The van der Waals surface area contributed by atoms with E-state index in [-0.39, 0.29) is 5.91 Å². The zero-order valence-electron chi connectivity index (χ0n) is 13.3. The number of fused-ring (bicyclic) bond motifs is 1. The van der Waals surface area contributed by atoms with E-state index in [0.717, 1.165) is 11.3 Å². The first kappa shape index (κ1) is 15.9. The number of rotatable bonds is 3. The Hall–Kier alpha value is -2.57. The molecular weight excluding hydrogens is 344 g/mol. The second-order valence-corrected chi connectivity index (χ2v) is 6.36. The van der Waals surface area contributed by atoms with E-state index in [4.69, 9.17) is 21.2 Å². The molecule has 2 aromatic carbocycles. The largest absolute Gasteiger partial charge is 0.497 e. The van der Waals surface area contributed by atoms with E-state index in [0.29, 0.717) is 10.8 Å². The van der Waals surface area contributed by atoms with Crippen LogP contribution in [0, 0.1) is 5.92 Å². The normalized spacial score (nSPS) is 25.0. The summed E-state index contributed by atoms with van der Waals surface area (Å²) in [5.74, 6) is -0.641. The molecule has 0 radical (unpaired) electrons. The highest BCUT2D eigenvalue weighted by molar-refractivity contribution is 6.30. The van der Waals surface area contributed by atoms with Crippen LogP contribution in [0.1, 0.15) is 11.6 Å². The standard InChI is InChI=1S/C18H15ClN2O4/c1-24-13-8-2-10(3-9-13)15-14-16(18(23)20-17(14)22)25-21(15)12-6-4-11(19)5-7-12/h2-9,14-16H,1H3,(H,20,22,23)/t14-,15-,16-/m1/s1. The Morgan fingerprint density at radius 2 is 1.72 bits per heavy atom. The van der Waals surface area contributed by atoms with Gasteiger partial charge in [-0.15, -0.1) is 0 Å². The van der Waals surface area contributed by atoms with E-state index in [2.05, 4.69) is 5.32 Å². The third-order valence-electron chi connectivity index (χ3n) is 4.49. The fraction of sp³-hybridized carbons (Fsp3) is 0.222. The Morgan fingerprint density at radius 1 is 1.04 bits per heavy atom. The monoisotopic (exact) mass is 358 g/mol. The fourth-order valence-electron chi connectivity index (χ4n) is 3.29. The van der Waals surface area contributed by atoms with Gasteiger partial charge in [-0.25, -0.2) is 5.06 Å². The molecule has 0 aliphatic carbocycles. The van der Waals surface area contributed by atoms with Crippen LogP contribution in [0.2, 0.25) is 5.02 Å². The number of ether oxygens (including phenoxy) is 1. The molecule has 128 valence electrons. The molecule has 2 aliphatic heterocycles. The molecule has 0 bridgehead atoms. The van der Waals surface area contributed by atoms with Gasteiger partial charge in [0, 0.05) is 5.02 Å². The number of methoxy groups -OCH3 is 1. The van der Waals surface area contributed by atoms with Crippen LogP contribution in [0.25, 0.3) is 0 Å². The van der Waals surface area contributed by atoms with Crippen molar-refractivity contribution in [3.05, 3.63) is 59.1 Å². The summed E-state index contributed by atoms with van der Waals surface area (Å²) >= 11 is 5.96. The SMILES string of the molecule is COc1ccc([C@@H]2[C@H]3C(=O)NC(=O)[C@@H]3ON2c2ccc(Cl)cc2)cc1. The third-order valence-corrected chi connectivity index (χ3v) is 4.74. The summed E-state index contributed by atoms with van der Waals surface area (Å²) in [5.41, 5.74) is 1.58. The van der Waals surface area contributed by atoms with Gasteiger partial charge in [-0.1, -0.05) is 23.7 Å². The molecule has 2 fully saturated rings. The van der Waals surface area contributed by atoms with Gasteiger partial charge in [0.25, 0.3) is 5.91 Å². The van der Waals surface area contributed by atoms with Gasteiger partial charge < -0.3 is 4.74 Å². The van der Waals surface area contributed by atoms with Crippen LogP contribution >= 0.6 is 11.6 Å². The van der Waals surface area contributed by atoms with Gasteiger partial charge in [0.15, 0.2) is 6.10 Å². The molecule has 0 aromatic heterocycles. The van der Waals surface area contributed by atoms with Crippen molar-refractivity contribution in [2.24, 2.45) is 5.92 Å². The first-order valence-corrected chi connectivity index (χ1v) is 8.16. The summed E-state index contributed by atoms with van der Waals surface area (Å²) in [4.78, 5) is 30.2. The Bertz CT molecular complexity index is 822. The van der Waals surface area contributed by atoms with Crippen LogP contribution in [0.4, 0.5) is 5.69 Å². The molecule has 1 N–H and O–H groups in total. The second kappa shape index (κ2) is 6.06. The van der Waals surface area contributed by atoms with Gasteiger partial charge in [0.2, 0.25) is 5.91 Å². The van der Waals surface area contributed by atoms with E-state index < -0.39 is 24.0 Å². The van der Waals surface area contributed by atoms with E-state index in [1.807, 2.05) is 24.3 Å². The van der Waals surface area contributed by atoms with Crippen LogP contribution in [0.3, 0.4) is 0 Å². The molecule has 2 aliphatic rings. The minimum atomic E-state index is -0.838. The number of halogens is 1. The molecule has 0 saturated carbocycles. The lowest BCUT2D eigenvalue weighted by Gasteiger charge is -2.27. The number of benzene rings is 2. The van der Waals surface area contributed by atoms with Crippen molar-refractivity contribution in [2.75, 3.05) is 12.2 Å². The van der Waals surface area contributed by atoms with Crippen molar-refractivity contribution < 1.29 is 19.2 Å². The van der Waals surface area contributed by atoms with Crippen molar-refractivity contribution in [3.63, 3.8) is 0 Å². The lowest BCUT2D eigenvalue weighted by atomic mass is 9.90. The van der Waals surface area contributed by atoms with Gasteiger partial charge >= 0.3 is 0 Å². The maximum atomic E-state index is 12.3. The molecule has 2 amide bonds. The van der Waals surface area contributed by atoms with Crippen LogP contribution in [-0.2, 0) is 14.4 Å². The number of hydrogen-bond donors (Lipinski definition) is 1. The topological polar surface area (TPSA) is 67.9 Å². The zero-order chi connectivity index (χ0) is 17.6. The first-order valence-electron chi connectivity index (χ1n) is 7.79. The summed E-state index contributed by atoms with van der Waals surface area (Å²) in [6.07, 6.45) is -0.838. The van der Waals surface area contributed by atoms with Crippen molar-refractivity contribution in [1.29, 1.82) is 0 Å². The number of nitrogens with one attached hydrogen (secondary N) is 1. The minimum absolute atomic E-state index is 0.327. The number of amides is 2. The smallest absolute Gasteiger partial charge is 0.259 e. The molecule has 7 heteroatoms. The molecule has 2 aromatic rings. The van der Waals surface area contributed by atoms with Crippen LogP contribution < -0.4 is 15.1 Å². The summed E-state index contributed by atoms with van der Waals surface area (Å²) in [5, 5.41) is 4.56. The molecule has 6 nitrogen and oxygen atoms in total. The maximum Gasteiger partial charge on any atom is 0.259 e. The average molecular weight is 359 g/mol. The highest BCUT2D eigenvalue weighted by Gasteiger charge is 2.56. The number of carbonyl (C=O) groups excluding carboxylic acids is 2. The number of nitrogens with zero attached hydrogens (tertiary/aromatic N) is 1. The Balaban J connectivity index is 1.77. The predicted octanol–water partition coefficient (Wildman–Crippen LogP) is 2.48. The van der Waals surface area contributed by atoms with E-state index >= 15 is 0 Å². The van der Waals surface area contributed by atoms with Crippen molar-refractivity contribution in [1.82, 2.24) is 5.32 Å². The predicted molar refractivity (Wildman–Crippen MR) is 91.2 cm³/mol. The summed E-state index contributed by atoms with van der Waals surface area (Å²) in [6.45, 7) is 0. The van der Waals surface area contributed by atoms with E-state index in [9.17, 15) is 9.59 Å². The Morgan fingerprint density at radius 3 is 2.36 bits per heavy atom. The lowest BCUT2D eigenvalue weighted by molar-refractivity contribution is -0.129. The average Bonchev–Trinajstić information content (AvgIpc) is 3.14. The van der Waals surface area contributed by atoms with Crippen LogP contribution in [-0.4, -0.2) is 25.0 Å². The molecule has 2 heterocycles. The molecular formula is C18H15ClN2O4. The highest BCUT2D eigenvalue weighted by atomic mass is 35.5. The molecule has 3 atom stereocenters. The first-order chi connectivity index (χ1) is 12.1. The van der Waals surface area contributed by atoms with Crippen molar-refractivity contribution in [2.45, 2.75) is 12.1 Å². The second-order valence-electron chi connectivity index (χ2n) is 5.93. The van der Waals surface area contributed by atoms with Gasteiger partial charge in [-0.3, -0.25) is 19.7 Å². The number of imide groups is 1. The summed E-state index contributed by atoms with van der Waals surface area (Å²) < 4.78 is 5.19. The van der Waals surface area contributed by atoms with Gasteiger partial charge in [0.05, 0.1) is 18.8 Å². The van der Waals surface area contributed by atoms with Gasteiger partial charge in [0.1, 0.15) is 11.7 Å². The third kappa shape index (κ3) is 2.63. The molecule has 25 heavy (non-hydrogen) atoms. The van der Waals surface area contributed by atoms with Gasteiger partial charge in [-0.05, 0) is 42.0 Å². The zero-order valence-corrected chi connectivity index (χ0v) is 14.1. The minimum Gasteiger partial charge on any atom is -0.497 e. The summed E-state index contributed by atoms with van der Waals surface area (Å²) in [6, 6.07) is 14.0. The van der Waals surface area contributed by atoms with Crippen molar-refractivity contribution in [3.8, 4) is 5.75 Å². The number of anilines is 1. The Labute approximate surface area is 149 Å². The van der Waals surface area contributed by atoms with Crippen molar-refractivity contribution >= 4 is 29.1 Å². The van der Waals surface area contributed by atoms with E-state index in [1.165, 1.54) is 0 Å². The maximum absolute atomic E-state index is 12.3. The van der Waals surface area contributed by atoms with Crippen LogP contribution in [0.5, 0.6) is 5.75 Å². The molecule has 0 spiro atoms.